The van der Waals surface area contributed by atoms with Crippen molar-refractivity contribution in [3.63, 3.8) is 0 Å². The summed E-state index contributed by atoms with van der Waals surface area (Å²) in [4.78, 5) is 2.93. The highest BCUT2D eigenvalue weighted by molar-refractivity contribution is 9.10. The molecule has 1 aliphatic heterocycles. The lowest BCUT2D eigenvalue weighted by molar-refractivity contribution is 0.776. The van der Waals surface area contributed by atoms with E-state index in [1.807, 2.05) is 11.3 Å². The predicted octanol–water partition coefficient (Wildman–Crippen LogP) is 2.90. The van der Waals surface area contributed by atoms with Gasteiger partial charge in [0.1, 0.15) is 0 Å². The summed E-state index contributed by atoms with van der Waals surface area (Å²) in [6.45, 7) is 4.49. The van der Waals surface area contributed by atoms with Crippen molar-refractivity contribution < 1.29 is 0 Å². The largest absolute Gasteiger partial charge is 0.316 e. The molecular formula is C9H12BrNS. The summed E-state index contributed by atoms with van der Waals surface area (Å²) in [6, 6.07) is 2.22. The van der Waals surface area contributed by atoms with Gasteiger partial charge in [0, 0.05) is 26.7 Å². The first-order valence-electron chi connectivity index (χ1n) is 4.24. The third kappa shape index (κ3) is 1.58. The lowest BCUT2D eigenvalue weighted by Crippen LogP contribution is -2.07. The van der Waals surface area contributed by atoms with Crippen LogP contribution in [0.4, 0.5) is 0 Å². The van der Waals surface area contributed by atoms with Crippen LogP contribution in [0, 0.1) is 6.92 Å². The van der Waals surface area contributed by atoms with Gasteiger partial charge in [0.2, 0.25) is 0 Å². The summed E-state index contributed by atoms with van der Waals surface area (Å²) in [7, 11) is 0. The van der Waals surface area contributed by atoms with Gasteiger partial charge < -0.3 is 5.32 Å². The van der Waals surface area contributed by atoms with Gasteiger partial charge in [-0.2, -0.15) is 0 Å². The molecule has 3 heteroatoms. The van der Waals surface area contributed by atoms with Crippen LogP contribution in [0.3, 0.4) is 0 Å². The summed E-state index contributed by atoms with van der Waals surface area (Å²) in [5.74, 6) is 0.748. The molecule has 1 aromatic rings. The number of hydrogen-bond acceptors (Lipinski definition) is 2. The fraction of sp³-hybridized carbons (Fsp3) is 0.556. The minimum absolute atomic E-state index is 0.748. The van der Waals surface area contributed by atoms with Crippen molar-refractivity contribution in [2.75, 3.05) is 13.1 Å². The molecule has 2 rings (SSSR count). The molecule has 0 aromatic carbocycles. The van der Waals surface area contributed by atoms with Crippen LogP contribution in [0.2, 0.25) is 0 Å². The average molecular weight is 246 g/mol. The van der Waals surface area contributed by atoms with Crippen molar-refractivity contribution in [3.05, 3.63) is 20.3 Å². The zero-order chi connectivity index (χ0) is 8.55. The standard InChI is InChI=1S/C9H12BrNS/c1-6-4-8(10)9(12-6)7-2-3-11-5-7/h4,7,11H,2-3,5H2,1H3. The van der Waals surface area contributed by atoms with Gasteiger partial charge in [-0.25, -0.2) is 0 Å². The lowest BCUT2D eigenvalue weighted by atomic mass is 10.1. The van der Waals surface area contributed by atoms with Gasteiger partial charge in [-0.15, -0.1) is 11.3 Å². The molecule has 0 saturated carbocycles. The maximum atomic E-state index is 3.61. The number of aryl methyl sites for hydroxylation is 1. The van der Waals surface area contributed by atoms with Crippen LogP contribution >= 0.6 is 27.3 Å². The van der Waals surface area contributed by atoms with Gasteiger partial charge in [-0.1, -0.05) is 0 Å². The van der Waals surface area contributed by atoms with Gasteiger partial charge in [0.15, 0.2) is 0 Å². The molecule has 0 amide bonds. The summed E-state index contributed by atoms with van der Waals surface area (Å²) in [5, 5.41) is 3.39. The molecule has 0 aliphatic carbocycles. The van der Waals surface area contributed by atoms with Crippen LogP contribution in [0.15, 0.2) is 10.5 Å². The van der Waals surface area contributed by atoms with Crippen molar-refractivity contribution in [1.82, 2.24) is 5.32 Å². The maximum Gasteiger partial charge on any atom is 0.0320 e. The van der Waals surface area contributed by atoms with E-state index in [0.717, 1.165) is 12.5 Å². The SMILES string of the molecule is Cc1cc(Br)c(C2CCNC2)s1. The maximum absolute atomic E-state index is 3.61. The van der Waals surface area contributed by atoms with Crippen molar-refractivity contribution in [2.24, 2.45) is 0 Å². The van der Waals surface area contributed by atoms with E-state index >= 15 is 0 Å². The Morgan fingerprint density at radius 1 is 1.67 bits per heavy atom. The van der Waals surface area contributed by atoms with Crippen molar-refractivity contribution in [3.8, 4) is 0 Å². The highest BCUT2D eigenvalue weighted by Crippen LogP contribution is 2.35. The molecule has 1 saturated heterocycles. The Morgan fingerprint density at radius 2 is 2.50 bits per heavy atom. The number of hydrogen-bond donors (Lipinski definition) is 1. The Kier molecular flexibility index (Phi) is 2.53. The first kappa shape index (κ1) is 8.73. The molecule has 0 spiro atoms. The van der Waals surface area contributed by atoms with Gasteiger partial charge in [-0.3, -0.25) is 0 Å². The summed E-state index contributed by atoms with van der Waals surface area (Å²) in [6.07, 6.45) is 1.29. The van der Waals surface area contributed by atoms with Crippen LogP contribution in [-0.2, 0) is 0 Å². The van der Waals surface area contributed by atoms with Gasteiger partial charge in [0.05, 0.1) is 0 Å². The minimum Gasteiger partial charge on any atom is -0.316 e. The van der Waals surface area contributed by atoms with E-state index in [-0.39, 0.29) is 0 Å². The van der Waals surface area contributed by atoms with Crippen LogP contribution < -0.4 is 5.32 Å². The van der Waals surface area contributed by atoms with Gasteiger partial charge in [-0.05, 0) is 41.9 Å². The molecule has 1 fully saturated rings. The first-order chi connectivity index (χ1) is 5.77. The second kappa shape index (κ2) is 3.48. The van der Waals surface area contributed by atoms with Crippen LogP contribution in [0.1, 0.15) is 22.1 Å². The van der Waals surface area contributed by atoms with E-state index in [1.54, 1.807) is 0 Å². The molecule has 66 valence electrons. The number of nitrogens with one attached hydrogen (secondary N) is 1. The van der Waals surface area contributed by atoms with Crippen molar-refractivity contribution in [2.45, 2.75) is 19.3 Å². The van der Waals surface area contributed by atoms with E-state index in [2.05, 4.69) is 34.2 Å². The molecular weight excluding hydrogens is 234 g/mol. The summed E-state index contributed by atoms with van der Waals surface area (Å²) in [5.41, 5.74) is 0. The monoisotopic (exact) mass is 245 g/mol. The molecule has 0 radical (unpaired) electrons. The molecule has 12 heavy (non-hydrogen) atoms. The fourth-order valence-electron chi connectivity index (χ4n) is 1.66. The normalized spacial score (nSPS) is 23.3. The topological polar surface area (TPSA) is 12.0 Å². The third-order valence-corrected chi connectivity index (χ3v) is 4.40. The summed E-state index contributed by atoms with van der Waals surface area (Å²) < 4.78 is 1.30. The summed E-state index contributed by atoms with van der Waals surface area (Å²) >= 11 is 5.53. The van der Waals surface area contributed by atoms with Crippen LogP contribution in [-0.4, -0.2) is 13.1 Å². The Bertz CT molecular complexity index is 276. The Morgan fingerprint density at radius 3 is 3.00 bits per heavy atom. The van der Waals surface area contributed by atoms with E-state index in [9.17, 15) is 0 Å². The van der Waals surface area contributed by atoms with Crippen LogP contribution in [0.5, 0.6) is 0 Å². The van der Waals surface area contributed by atoms with E-state index < -0.39 is 0 Å². The molecule has 1 nitrogen and oxygen atoms in total. The third-order valence-electron chi connectivity index (χ3n) is 2.27. The number of thiophene rings is 1. The Labute approximate surface area is 85.3 Å². The lowest BCUT2D eigenvalue weighted by Gasteiger charge is -2.04. The second-order valence-corrected chi connectivity index (χ2v) is 5.40. The highest BCUT2D eigenvalue weighted by atomic mass is 79.9. The first-order valence-corrected chi connectivity index (χ1v) is 5.85. The van der Waals surface area contributed by atoms with Crippen LogP contribution in [0.25, 0.3) is 0 Å². The molecule has 1 N–H and O–H groups in total. The Hall–Kier alpha value is 0.140. The van der Waals surface area contributed by atoms with E-state index in [1.165, 1.54) is 27.2 Å². The van der Waals surface area contributed by atoms with E-state index in [4.69, 9.17) is 0 Å². The van der Waals surface area contributed by atoms with Crippen molar-refractivity contribution in [1.29, 1.82) is 0 Å². The van der Waals surface area contributed by atoms with E-state index in [0.29, 0.717) is 0 Å². The average Bonchev–Trinajstić information content (AvgIpc) is 2.58. The predicted molar refractivity (Wildman–Crippen MR) is 57.0 cm³/mol. The molecule has 2 heterocycles. The van der Waals surface area contributed by atoms with Gasteiger partial charge >= 0.3 is 0 Å². The molecule has 1 aliphatic rings. The highest BCUT2D eigenvalue weighted by Gasteiger charge is 2.20. The number of rotatable bonds is 1. The smallest absolute Gasteiger partial charge is 0.0320 e. The zero-order valence-corrected chi connectivity index (χ0v) is 9.46. The zero-order valence-electron chi connectivity index (χ0n) is 7.06. The quantitative estimate of drug-likeness (QED) is 0.803. The fourth-order valence-corrected chi connectivity index (χ4v) is 3.77. The molecule has 1 atom stereocenters. The van der Waals surface area contributed by atoms with Crippen molar-refractivity contribution >= 4 is 27.3 Å². The second-order valence-electron chi connectivity index (χ2n) is 3.26. The minimum atomic E-state index is 0.748. The molecule has 0 bridgehead atoms. The molecule has 1 aromatic heterocycles. The van der Waals surface area contributed by atoms with Gasteiger partial charge in [0.25, 0.3) is 0 Å². The Balaban J connectivity index is 2.25. The molecule has 1 unspecified atom stereocenters. The number of halogens is 1.